The normalized spacial score (nSPS) is 11.8. The number of carboxylic acid groups (broad SMARTS) is 1. The molecule has 0 heterocycles. The number of benzene rings is 1. The van der Waals surface area contributed by atoms with Gasteiger partial charge in [-0.3, -0.25) is 0 Å². The molecule has 0 fully saturated rings. The third kappa shape index (κ3) is 6.82. The monoisotopic (exact) mass is 314 g/mol. The van der Waals surface area contributed by atoms with E-state index in [1.54, 1.807) is 12.1 Å². The van der Waals surface area contributed by atoms with E-state index in [-0.39, 0.29) is 24.1 Å². The third-order valence-corrected chi connectivity index (χ3v) is 3.51. The highest BCUT2D eigenvalue weighted by molar-refractivity contribution is 5.86. The van der Waals surface area contributed by atoms with Gasteiger partial charge in [0.2, 0.25) is 0 Å². The zero-order chi connectivity index (χ0) is 15.0. The first kappa shape index (κ1) is 19.7. The summed E-state index contributed by atoms with van der Waals surface area (Å²) in [4.78, 5) is 13.0. The van der Waals surface area contributed by atoms with Crippen LogP contribution in [0.25, 0.3) is 0 Å². The van der Waals surface area contributed by atoms with Crippen LogP contribution < -0.4 is 9.84 Å². The van der Waals surface area contributed by atoms with Crippen LogP contribution in [-0.4, -0.2) is 36.6 Å². The summed E-state index contributed by atoms with van der Waals surface area (Å²) >= 11 is 0. The predicted octanol–water partition coefficient (Wildman–Crippen LogP) is 2.36. The summed E-state index contributed by atoms with van der Waals surface area (Å²) in [6, 6.07) is 6.40. The maximum Gasteiger partial charge on any atom is 0.119 e. The number of hydrogen-bond donors (Lipinski definition) is 0. The first-order valence-corrected chi connectivity index (χ1v) is 7.31. The highest BCUT2D eigenvalue weighted by atomic mass is 35.5. The van der Waals surface area contributed by atoms with Crippen LogP contribution in [0.15, 0.2) is 24.3 Å². The van der Waals surface area contributed by atoms with E-state index in [9.17, 15) is 9.90 Å². The average molecular weight is 315 g/mol. The number of carbonyl (C=O) groups excluding carboxylic acids is 1. The van der Waals surface area contributed by atoms with Gasteiger partial charge in [0, 0.05) is 6.54 Å². The van der Waals surface area contributed by atoms with Crippen LogP contribution in [0.2, 0.25) is 0 Å². The van der Waals surface area contributed by atoms with Crippen molar-refractivity contribution in [1.29, 1.82) is 0 Å². The maximum absolute atomic E-state index is 10.7. The van der Waals surface area contributed by atoms with Gasteiger partial charge < -0.3 is 19.5 Å². The van der Waals surface area contributed by atoms with Crippen molar-refractivity contribution in [3.63, 3.8) is 0 Å². The molecule has 1 atom stereocenters. The number of aromatic carboxylic acids is 1. The fraction of sp³-hybridized carbons (Fsp3) is 0.562. The van der Waals surface area contributed by atoms with E-state index in [1.165, 1.54) is 12.1 Å². The van der Waals surface area contributed by atoms with Crippen LogP contribution in [0.1, 0.15) is 44.0 Å². The predicted molar refractivity (Wildman–Crippen MR) is 85.1 cm³/mol. The number of carbonyl (C=O) groups is 1. The molecule has 120 valence electrons. The minimum atomic E-state index is -1.16. The zero-order valence-corrected chi connectivity index (χ0v) is 13.8. The minimum absolute atomic E-state index is 0. The number of ether oxygens (including phenoxy) is 1. The maximum atomic E-state index is 10.7. The molecule has 0 saturated heterocycles. The van der Waals surface area contributed by atoms with Gasteiger partial charge >= 0.3 is 0 Å². The molecule has 0 bridgehead atoms. The standard InChI is InChI=1S/C16H25NO3.ClH/c1-4-14(11-12-17(5-2)6-3)20-15-9-7-13(8-10-15)16(18)19;/h7-10,14H,4-6,11-12H2,1-3H3,(H,18,19);1H/p-1. The Labute approximate surface area is 133 Å². The van der Waals surface area contributed by atoms with E-state index in [4.69, 9.17) is 4.74 Å². The average Bonchev–Trinajstić information content (AvgIpc) is 2.47. The van der Waals surface area contributed by atoms with Crippen LogP contribution >= 0.6 is 12.4 Å². The molecule has 0 amide bonds. The number of hydrogen-bond acceptors (Lipinski definition) is 4. The molecule has 21 heavy (non-hydrogen) atoms. The molecule has 1 aromatic carbocycles. The molecule has 0 aromatic heterocycles. The first-order chi connectivity index (χ1) is 9.60. The number of halogens is 1. The number of nitrogens with zero attached hydrogens (tertiary/aromatic N) is 1. The van der Waals surface area contributed by atoms with Crippen LogP contribution in [-0.2, 0) is 0 Å². The van der Waals surface area contributed by atoms with E-state index in [0.717, 1.165) is 32.5 Å². The second-order valence-corrected chi connectivity index (χ2v) is 4.78. The van der Waals surface area contributed by atoms with Crippen LogP contribution in [0, 0.1) is 0 Å². The van der Waals surface area contributed by atoms with Crippen molar-refractivity contribution in [2.75, 3.05) is 19.6 Å². The first-order valence-electron chi connectivity index (χ1n) is 7.31. The number of carboxylic acids is 1. The number of rotatable bonds is 9. The van der Waals surface area contributed by atoms with E-state index < -0.39 is 5.97 Å². The van der Waals surface area contributed by atoms with Crippen LogP contribution in [0.4, 0.5) is 0 Å². The van der Waals surface area contributed by atoms with Crippen molar-refractivity contribution < 1.29 is 14.6 Å². The van der Waals surface area contributed by atoms with E-state index >= 15 is 0 Å². The molecular formula is C16H25ClNO3-. The SMILES string of the molecule is CCC(CCN(CC)CC)Oc1ccc(C(=O)[O-])cc1.Cl. The second kappa shape index (κ2) is 10.5. The van der Waals surface area contributed by atoms with Gasteiger partial charge in [-0.2, -0.15) is 0 Å². The van der Waals surface area contributed by atoms with E-state index in [0.29, 0.717) is 5.75 Å². The van der Waals surface area contributed by atoms with E-state index in [1.807, 2.05) is 0 Å². The van der Waals surface area contributed by atoms with Crippen molar-refractivity contribution in [2.45, 2.75) is 39.7 Å². The molecular weight excluding hydrogens is 290 g/mol. The summed E-state index contributed by atoms with van der Waals surface area (Å²) in [7, 11) is 0. The Bertz CT molecular complexity index is 404. The molecule has 0 N–H and O–H groups in total. The molecule has 0 radical (unpaired) electrons. The van der Waals surface area contributed by atoms with Crippen molar-refractivity contribution in [3.8, 4) is 5.75 Å². The van der Waals surface area contributed by atoms with Gasteiger partial charge in [-0.15, -0.1) is 12.4 Å². The fourth-order valence-corrected chi connectivity index (χ4v) is 2.07. The van der Waals surface area contributed by atoms with Gasteiger partial charge in [0.1, 0.15) is 5.75 Å². The molecule has 1 unspecified atom stereocenters. The highest BCUT2D eigenvalue weighted by Gasteiger charge is 2.10. The Morgan fingerprint density at radius 3 is 2.19 bits per heavy atom. The summed E-state index contributed by atoms with van der Waals surface area (Å²) in [5, 5.41) is 10.7. The smallest absolute Gasteiger partial charge is 0.119 e. The molecule has 0 saturated carbocycles. The second-order valence-electron chi connectivity index (χ2n) is 4.78. The molecule has 1 rings (SSSR count). The molecule has 0 aliphatic heterocycles. The van der Waals surface area contributed by atoms with Gasteiger partial charge in [0.05, 0.1) is 12.1 Å². The lowest BCUT2D eigenvalue weighted by atomic mass is 10.2. The van der Waals surface area contributed by atoms with Crippen LogP contribution in [0.3, 0.4) is 0 Å². The molecule has 1 aromatic rings. The van der Waals surface area contributed by atoms with Gasteiger partial charge in [-0.1, -0.05) is 20.8 Å². The summed E-state index contributed by atoms with van der Waals surface area (Å²) in [5.74, 6) is -0.452. The quantitative estimate of drug-likeness (QED) is 0.702. The van der Waals surface area contributed by atoms with Gasteiger partial charge in [-0.05, 0) is 55.8 Å². The lowest BCUT2D eigenvalue weighted by Crippen LogP contribution is -2.28. The largest absolute Gasteiger partial charge is 0.545 e. The molecule has 0 aliphatic carbocycles. The third-order valence-electron chi connectivity index (χ3n) is 3.51. The van der Waals surface area contributed by atoms with Crippen molar-refractivity contribution >= 4 is 18.4 Å². The Balaban J connectivity index is 0.00000400. The zero-order valence-electron chi connectivity index (χ0n) is 13.0. The Hall–Kier alpha value is -1.26. The lowest BCUT2D eigenvalue weighted by molar-refractivity contribution is -0.255. The van der Waals surface area contributed by atoms with Crippen molar-refractivity contribution in [1.82, 2.24) is 4.90 Å². The van der Waals surface area contributed by atoms with Gasteiger partial charge in [0.25, 0.3) is 0 Å². The summed E-state index contributed by atoms with van der Waals surface area (Å²) in [5.41, 5.74) is 0.175. The molecule has 0 aliphatic rings. The van der Waals surface area contributed by atoms with Crippen LogP contribution in [0.5, 0.6) is 5.75 Å². The topological polar surface area (TPSA) is 52.6 Å². The minimum Gasteiger partial charge on any atom is -0.545 e. The molecule has 0 spiro atoms. The lowest BCUT2D eigenvalue weighted by Gasteiger charge is -2.23. The summed E-state index contributed by atoms with van der Waals surface area (Å²) in [6.45, 7) is 9.53. The summed E-state index contributed by atoms with van der Waals surface area (Å²) < 4.78 is 5.90. The highest BCUT2D eigenvalue weighted by Crippen LogP contribution is 2.16. The van der Waals surface area contributed by atoms with Crippen molar-refractivity contribution in [3.05, 3.63) is 29.8 Å². The van der Waals surface area contributed by atoms with Gasteiger partial charge in [0.15, 0.2) is 0 Å². The Morgan fingerprint density at radius 1 is 1.19 bits per heavy atom. The molecule has 5 heteroatoms. The fourth-order valence-electron chi connectivity index (χ4n) is 2.07. The Morgan fingerprint density at radius 2 is 1.76 bits per heavy atom. The molecule has 4 nitrogen and oxygen atoms in total. The summed E-state index contributed by atoms with van der Waals surface area (Å²) in [6.07, 6.45) is 2.06. The van der Waals surface area contributed by atoms with Crippen molar-refractivity contribution in [2.24, 2.45) is 0 Å². The van der Waals surface area contributed by atoms with E-state index in [2.05, 4.69) is 25.7 Å². The van der Waals surface area contributed by atoms with Gasteiger partial charge in [-0.25, -0.2) is 0 Å². The Kier molecular flexibility index (Phi) is 9.84.